The van der Waals surface area contributed by atoms with Gasteiger partial charge in [-0.25, -0.2) is 9.37 Å². The second-order valence-corrected chi connectivity index (χ2v) is 14.0. The molecule has 0 aliphatic carbocycles. The predicted molar refractivity (Wildman–Crippen MR) is 151 cm³/mol. The lowest BCUT2D eigenvalue weighted by Crippen LogP contribution is -2.37. The third-order valence-corrected chi connectivity index (χ3v) is 9.34. The van der Waals surface area contributed by atoms with E-state index in [1.165, 1.54) is 6.33 Å². The highest BCUT2D eigenvalue weighted by molar-refractivity contribution is 8.10. The minimum Gasteiger partial charge on any atom is -0.462 e. The van der Waals surface area contributed by atoms with Gasteiger partial charge in [-0.05, 0) is 38.1 Å². The molecule has 4 rings (SSSR count). The number of fused-ring (bicyclic) bond motifs is 1. The number of alkyl halides is 1. The van der Waals surface area contributed by atoms with Crippen LogP contribution in [-0.4, -0.2) is 57.1 Å². The Bertz CT molecular complexity index is 1360. The summed E-state index contributed by atoms with van der Waals surface area (Å²) >= 11 is 5.92. The molecule has 11 nitrogen and oxygen atoms in total. The van der Waals surface area contributed by atoms with Gasteiger partial charge >= 0.3 is 5.97 Å². The van der Waals surface area contributed by atoms with Crippen molar-refractivity contribution in [2.24, 2.45) is 5.92 Å². The molecule has 1 aromatic carbocycles. The molecule has 1 aliphatic rings. The maximum atomic E-state index is 16.2. The number of nitrogens with one attached hydrogen (secondary N) is 2. The number of nitrogens with two attached hydrogens (primary N) is 1. The third-order valence-electron chi connectivity index (χ3n) is 6.21. The Morgan fingerprint density at radius 3 is 2.72 bits per heavy atom. The molecule has 5 atom stereocenters. The van der Waals surface area contributed by atoms with Gasteiger partial charge in [-0.1, -0.05) is 37.3 Å². The average molecular weight is 580 g/mol. The van der Waals surface area contributed by atoms with Crippen molar-refractivity contribution in [1.29, 1.82) is 0 Å². The first-order valence-electron chi connectivity index (χ1n) is 12.7. The van der Waals surface area contributed by atoms with Crippen molar-refractivity contribution in [1.82, 2.24) is 24.6 Å². The van der Waals surface area contributed by atoms with Crippen molar-refractivity contribution in [3.8, 4) is 0 Å². The van der Waals surface area contributed by atoms with Crippen LogP contribution in [-0.2, 0) is 36.8 Å². The van der Waals surface area contributed by atoms with Crippen molar-refractivity contribution >= 4 is 47.1 Å². The molecule has 0 bridgehead atoms. The fourth-order valence-electron chi connectivity index (χ4n) is 4.52. The fraction of sp³-hybridized carbons (Fsp3) is 0.520. The molecule has 14 heteroatoms. The number of nitrogens with zero attached hydrogens (tertiary/aromatic N) is 4. The number of aromatic nitrogens is 4. The number of hydrogen-bond donors (Lipinski definition) is 3. The van der Waals surface area contributed by atoms with Crippen molar-refractivity contribution in [2.45, 2.75) is 64.5 Å². The molecule has 3 aromatic rings. The van der Waals surface area contributed by atoms with E-state index >= 15 is 4.39 Å². The molecule has 1 saturated heterocycles. The number of carbonyl (C=O) groups is 1. The number of anilines is 2. The summed E-state index contributed by atoms with van der Waals surface area (Å²) in [4.78, 5) is 25.3. The number of nitrogen functional groups attached to an aromatic ring is 1. The molecule has 2 aromatic heterocycles. The molecule has 1 aliphatic heterocycles. The average Bonchev–Trinajstić information content (AvgIpc) is 3.42. The first-order chi connectivity index (χ1) is 18.4. The number of carbonyl (C=O) groups excluding carboxylic acids is 1. The Morgan fingerprint density at radius 2 is 2.05 bits per heavy atom. The molecule has 4 N–H and O–H groups in total. The normalized spacial score (nSPS) is 23.6. The molecule has 0 amide bonds. The summed E-state index contributed by atoms with van der Waals surface area (Å²) in [6.45, 7) is 6.66. The number of halogens is 1. The van der Waals surface area contributed by atoms with Gasteiger partial charge in [0, 0.05) is 25.5 Å². The molecular weight excluding hydrogens is 544 g/mol. The number of benzene rings is 1. The molecule has 1 unspecified atom stereocenters. The van der Waals surface area contributed by atoms with Crippen LogP contribution in [0.4, 0.5) is 16.2 Å². The molecule has 212 valence electrons. The third kappa shape index (κ3) is 6.90. The van der Waals surface area contributed by atoms with Crippen LogP contribution < -0.4 is 16.1 Å². The monoisotopic (exact) mass is 579 g/mol. The molecule has 1 fully saturated rings. The maximum absolute atomic E-state index is 16.2. The Kier molecular flexibility index (Phi) is 8.87. The highest BCUT2D eigenvalue weighted by Gasteiger charge is 2.48. The van der Waals surface area contributed by atoms with Crippen LogP contribution in [0.2, 0.25) is 0 Å². The Labute approximate surface area is 232 Å². The lowest BCUT2D eigenvalue weighted by atomic mass is 10.1. The quantitative estimate of drug-likeness (QED) is 0.223. The zero-order valence-corrected chi connectivity index (χ0v) is 24.3. The second kappa shape index (κ2) is 11.8. The lowest BCUT2D eigenvalue weighted by molar-refractivity contribution is -0.172. The summed E-state index contributed by atoms with van der Waals surface area (Å²) in [5.41, 5.74) is 7.72. The molecule has 0 radical (unpaired) electrons. The minimum absolute atomic E-state index is 0.0579. The highest BCUT2D eigenvalue weighted by Crippen LogP contribution is 2.51. The Hall–Kier alpha value is -2.70. The van der Waals surface area contributed by atoms with Crippen LogP contribution in [0.5, 0.6) is 0 Å². The van der Waals surface area contributed by atoms with Crippen LogP contribution in [0.15, 0.2) is 36.7 Å². The topological polar surface area (TPSA) is 138 Å². The number of imidazole rings is 1. The van der Waals surface area contributed by atoms with Crippen LogP contribution in [0.1, 0.15) is 45.9 Å². The summed E-state index contributed by atoms with van der Waals surface area (Å²) in [5.74, 6) is -2.30. The van der Waals surface area contributed by atoms with Gasteiger partial charge in [-0.3, -0.25) is 14.4 Å². The smallest absolute Gasteiger partial charge is 0.323 e. The first-order valence-corrected chi connectivity index (χ1v) is 15.6. The van der Waals surface area contributed by atoms with Crippen LogP contribution in [0.25, 0.3) is 11.2 Å². The zero-order chi connectivity index (χ0) is 28.4. The fourth-order valence-corrected chi connectivity index (χ4v) is 7.64. The maximum Gasteiger partial charge on any atom is 0.323 e. The van der Waals surface area contributed by atoms with E-state index in [1.54, 1.807) is 32.4 Å². The summed E-state index contributed by atoms with van der Waals surface area (Å²) in [5, 5.41) is 6.08. The summed E-state index contributed by atoms with van der Waals surface area (Å²) in [6, 6.07) is 8.76. The van der Waals surface area contributed by atoms with Gasteiger partial charge in [0.25, 0.3) is 0 Å². The van der Waals surface area contributed by atoms with Gasteiger partial charge in [0.2, 0.25) is 11.8 Å². The van der Waals surface area contributed by atoms with E-state index < -0.39 is 37.1 Å². The van der Waals surface area contributed by atoms with E-state index in [2.05, 4.69) is 25.4 Å². The number of esters is 1. The summed E-state index contributed by atoms with van der Waals surface area (Å²) < 4.78 is 35.2. The van der Waals surface area contributed by atoms with E-state index in [0.29, 0.717) is 23.1 Å². The van der Waals surface area contributed by atoms with Gasteiger partial charge in [0.05, 0.1) is 12.4 Å². The largest absolute Gasteiger partial charge is 0.462 e. The standard InChI is InChI=1S/C25H35FN7O4PS/c1-15(2)36-23(34)17(4)32-38(39,12-18-9-7-6-8-10-18)35-13-25(26)11-16(3)22(37-25)33-14-29-19-20(28-5)30-24(27)31-21(19)33/h6-10,14-17,22H,11-13H2,1-5H3,(H,32,39)(H3,27,28,30,31)/t16-,17+,22+,25-,38?/m0/s1. The van der Waals surface area contributed by atoms with Gasteiger partial charge in [-0.15, -0.1) is 0 Å². The van der Waals surface area contributed by atoms with E-state index in [0.717, 1.165) is 5.56 Å². The van der Waals surface area contributed by atoms with Crippen LogP contribution in [0, 0.1) is 5.92 Å². The predicted octanol–water partition coefficient (Wildman–Crippen LogP) is 4.13. The Morgan fingerprint density at radius 1 is 1.33 bits per heavy atom. The number of rotatable bonds is 11. The molecule has 0 saturated carbocycles. The lowest BCUT2D eigenvalue weighted by Gasteiger charge is -2.30. The summed E-state index contributed by atoms with van der Waals surface area (Å²) in [7, 11) is 1.70. The van der Waals surface area contributed by atoms with E-state index in [9.17, 15) is 4.79 Å². The van der Waals surface area contributed by atoms with E-state index in [-0.39, 0.29) is 24.4 Å². The van der Waals surface area contributed by atoms with Gasteiger partial charge in [0.1, 0.15) is 25.3 Å². The zero-order valence-electron chi connectivity index (χ0n) is 22.6. The Balaban J connectivity index is 1.53. The van der Waals surface area contributed by atoms with Crippen molar-refractivity contribution in [2.75, 3.05) is 24.7 Å². The van der Waals surface area contributed by atoms with Crippen molar-refractivity contribution in [3.05, 3.63) is 42.2 Å². The van der Waals surface area contributed by atoms with Crippen LogP contribution in [0.3, 0.4) is 0 Å². The SMILES string of the molecule is CNc1nc(N)nc2c1ncn2[C@@H]1O[C@](F)(COP(=S)(Cc2ccccc2)N[C@H](C)C(=O)OC(C)C)C[C@@H]1C. The summed E-state index contributed by atoms with van der Waals surface area (Å²) in [6.07, 6.45) is -2.02. The van der Waals surface area contributed by atoms with E-state index in [4.69, 9.17) is 31.5 Å². The minimum atomic E-state index is -2.95. The molecule has 39 heavy (non-hydrogen) atoms. The molecule has 3 heterocycles. The van der Waals surface area contributed by atoms with Crippen molar-refractivity contribution in [3.63, 3.8) is 0 Å². The molecular formula is C25H35FN7O4PS. The van der Waals surface area contributed by atoms with Gasteiger partial charge in [-0.2, -0.15) is 9.97 Å². The van der Waals surface area contributed by atoms with Crippen LogP contribution >= 0.6 is 6.42 Å². The van der Waals surface area contributed by atoms with Crippen molar-refractivity contribution < 1.29 is 23.2 Å². The number of ether oxygens (including phenoxy) is 2. The second-order valence-electron chi connectivity index (χ2n) is 10.0. The first kappa shape index (κ1) is 29.3. The van der Waals surface area contributed by atoms with Gasteiger partial charge in [0.15, 0.2) is 17.0 Å². The van der Waals surface area contributed by atoms with Gasteiger partial charge < -0.3 is 25.0 Å². The number of hydrogen-bond acceptors (Lipinski definition) is 10. The van der Waals surface area contributed by atoms with E-state index in [1.807, 2.05) is 37.3 Å². The highest BCUT2D eigenvalue weighted by atomic mass is 32.4. The molecule has 0 spiro atoms.